The highest BCUT2D eigenvalue weighted by Crippen LogP contribution is 2.22. The molecule has 0 aromatic heterocycles. The zero-order chi connectivity index (χ0) is 14.7. The Labute approximate surface area is 124 Å². The van der Waals surface area contributed by atoms with Crippen LogP contribution in [0.25, 0.3) is 0 Å². The van der Waals surface area contributed by atoms with Gasteiger partial charge in [0.2, 0.25) is 0 Å². The largest absolute Gasteiger partial charge is 0.508 e. The Balaban J connectivity index is 2.30. The molecule has 20 heavy (non-hydrogen) atoms. The van der Waals surface area contributed by atoms with Crippen LogP contribution in [-0.2, 0) is 0 Å². The first-order valence-corrected chi connectivity index (χ1v) is 6.61. The second kappa shape index (κ2) is 5.76. The summed E-state index contributed by atoms with van der Waals surface area (Å²) in [4.78, 5) is 12.1. The number of carbonyl (C=O) groups excluding carboxylic acids is 1. The molecule has 0 saturated carbocycles. The van der Waals surface area contributed by atoms with E-state index in [1.807, 2.05) is 6.07 Å². The van der Waals surface area contributed by atoms with Gasteiger partial charge in [0.05, 0.1) is 11.3 Å². The summed E-state index contributed by atoms with van der Waals surface area (Å²) < 4.78 is 0.772. The van der Waals surface area contributed by atoms with E-state index in [-0.39, 0.29) is 11.7 Å². The molecule has 0 atom stereocenters. The summed E-state index contributed by atoms with van der Waals surface area (Å²) in [6.45, 7) is 1.71. The van der Waals surface area contributed by atoms with Crippen LogP contribution in [0.3, 0.4) is 0 Å². The highest BCUT2D eigenvalue weighted by atomic mass is 79.9. The fourth-order valence-corrected chi connectivity index (χ4v) is 2.07. The quantitative estimate of drug-likeness (QED) is 0.883. The fourth-order valence-electron chi connectivity index (χ4n) is 1.71. The van der Waals surface area contributed by atoms with Gasteiger partial charge in [-0.15, -0.1) is 0 Å². The standard InChI is InChI=1S/C15H11BrN2O2/c1-9-6-10(3-5-14(9)19)15(20)18-13-7-12(16)4-2-11(13)8-17/h2-7,19H,1H3,(H,18,20). The first kappa shape index (κ1) is 14.1. The maximum absolute atomic E-state index is 12.1. The second-order valence-electron chi connectivity index (χ2n) is 4.26. The Bertz CT molecular complexity index is 720. The molecule has 0 aliphatic carbocycles. The Morgan fingerprint density at radius 2 is 2.05 bits per heavy atom. The molecule has 2 rings (SSSR count). The van der Waals surface area contributed by atoms with Crippen molar-refractivity contribution in [2.24, 2.45) is 0 Å². The Morgan fingerprint density at radius 3 is 2.70 bits per heavy atom. The van der Waals surface area contributed by atoms with Crippen molar-refractivity contribution in [3.63, 3.8) is 0 Å². The van der Waals surface area contributed by atoms with Gasteiger partial charge in [0.15, 0.2) is 0 Å². The van der Waals surface area contributed by atoms with Crippen molar-refractivity contribution in [3.8, 4) is 11.8 Å². The molecule has 5 heteroatoms. The predicted molar refractivity (Wildman–Crippen MR) is 79.7 cm³/mol. The monoisotopic (exact) mass is 330 g/mol. The molecule has 0 aliphatic heterocycles. The van der Waals surface area contributed by atoms with Crippen LogP contribution in [0.4, 0.5) is 5.69 Å². The normalized spacial score (nSPS) is 9.85. The number of halogens is 1. The lowest BCUT2D eigenvalue weighted by atomic mass is 10.1. The van der Waals surface area contributed by atoms with Crippen molar-refractivity contribution < 1.29 is 9.90 Å². The number of rotatable bonds is 2. The van der Waals surface area contributed by atoms with Gasteiger partial charge < -0.3 is 10.4 Å². The number of phenols is 1. The van der Waals surface area contributed by atoms with E-state index in [2.05, 4.69) is 21.2 Å². The molecule has 1 amide bonds. The zero-order valence-corrected chi connectivity index (χ0v) is 12.2. The maximum atomic E-state index is 12.1. The van der Waals surface area contributed by atoms with Gasteiger partial charge >= 0.3 is 0 Å². The van der Waals surface area contributed by atoms with Gasteiger partial charge in [-0.3, -0.25) is 4.79 Å². The van der Waals surface area contributed by atoms with Crippen LogP contribution in [0.2, 0.25) is 0 Å². The average Bonchev–Trinajstić information content (AvgIpc) is 2.42. The number of nitriles is 1. The molecule has 2 N–H and O–H groups in total. The number of hydrogen-bond donors (Lipinski definition) is 2. The van der Waals surface area contributed by atoms with Gasteiger partial charge in [0.25, 0.3) is 5.91 Å². The van der Waals surface area contributed by atoms with E-state index in [1.165, 1.54) is 12.1 Å². The van der Waals surface area contributed by atoms with Crippen LogP contribution in [0.1, 0.15) is 21.5 Å². The minimum Gasteiger partial charge on any atom is -0.508 e. The zero-order valence-electron chi connectivity index (χ0n) is 10.6. The molecule has 0 heterocycles. The van der Waals surface area contributed by atoms with E-state index in [9.17, 15) is 9.90 Å². The van der Waals surface area contributed by atoms with Gasteiger partial charge in [-0.1, -0.05) is 15.9 Å². The van der Waals surface area contributed by atoms with Crippen LogP contribution in [0, 0.1) is 18.3 Å². The molecular formula is C15H11BrN2O2. The minimum absolute atomic E-state index is 0.140. The highest BCUT2D eigenvalue weighted by molar-refractivity contribution is 9.10. The fraction of sp³-hybridized carbons (Fsp3) is 0.0667. The molecule has 2 aromatic rings. The van der Waals surface area contributed by atoms with E-state index in [1.54, 1.807) is 31.2 Å². The Morgan fingerprint density at radius 1 is 1.30 bits per heavy atom. The first-order chi connectivity index (χ1) is 9.51. The van der Waals surface area contributed by atoms with Crippen molar-refractivity contribution in [2.45, 2.75) is 6.92 Å². The van der Waals surface area contributed by atoms with Gasteiger partial charge in [-0.2, -0.15) is 5.26 Å². The van der Waals surface area contributed by atoms with Crippen LogP contribution < -0.4 is 5.32 Å². The van der Waals surface area contributed by atoms with E-state index >= 15 is 0 Å². The lowest BCUT2D eigenvalue weighted by Crippen LogP contribution is -2.13. The molecule has 2 aromatic carbocycles. The van der Waals surface area contributed by atoms with E-state index in [0.717, 1.165) is 4.47 Å². The predicted octanol–water partition coefficient (Wildman–Crippen LogP) is 3.59. The smallest absolute Gasteiger partial charge is 0.255 e. The molecule has 0 bridgehead atoms. The molecule has 0 aliphatic rings. The number of amides is 1. The average molecular weight is 331 g/mol. The number of nitrogens with one attached hydrogen (secondary N) is 1. The number of hydrogen-bond acceptors (Lipinski definition) is 3. The van der Waals surface area contributed by atoms with E-state index < -0.39 is 0 Å². The molecule has 0 spiro atoms. The Hall–Kier alpha value is -2.32. The van der Waals surface area contributed by atoms with E-state index in [4.69, 9.17) is 5.26 Å². The topological polar surface area (TPSA) is 73.1 Å². The van der Waals surface area contributed by atoms with Crippen molar-refractivity contribution in [3.05, 3.63) is 57.6 Å². The number of aromatic hydroxyl groups is 1. The summed E-state index contributed by atoms with van der Waals surface area (Å²) in [5, 5.41) is 21.2. The number of phenolic OH excluding ortho intramolecular Hbond substituents is 1. The van der Waals surface area contributed by atoms with Crippen LogP contribution in [0.15, 0.2) is 40.9 Å². The van der Waals surface area contributed by atoms with Gasteiger partial charge in [-0.05, 0) is 48.9 Å². The number of carbonyl (C=O) groups is 1. The molecular weight excluding hydrogens is 320 g/mol. The number of anilines is 1. The summed E-state index contributed by atoms with van der Waals surface area (Å²) >= 11 is 3.30. The van der Waals surface area contributed by atoms with Crippen molar-refractivity contribution in [2.75, 3.05) is 5.32 Å². The SMILES string of the molecule is Cc1cc(C(=O)Nc2cc(Br)ccc2C#N)ccc1O. The first-order valence-electron chi connectivity index (χ1n) is 5.82. The maximum Gasteiger partial charge on any atom is 0.255 e. The minimum atomic E-state index is -0.331. The van der Waals surface area contributed by atoms with Crippen molar-refractivity contribution in [1.82, 2.24) is 0 Å². The molecule has 100 valence electrons. The molecule has 0 fully saturated rings. The summed E-state index contributed by atoms with van der Waals surface area (Å²) in [6, 6.07) is 11.6. The summed E-state index contributed by atoms with van der Waals surface area (Å²) in [6.07, 6.45) is 0. The van der Waals surface area contributed by atoms with Gasteiger partial charge in [0.1, 0.15) is 11.8 Å². The number of aryl methyl sites for hydroxylation is 1. The third kappa shape index (κ3) is 2.98. The van der Waals surface area contributed by atoms with Crippen LogP contribution >= 0.6 is 15.9 Å². The summed E-state index contributed by atoms with van der Waals surface area (Å²) in [5.74, 6) is -0.190. The summed E-state index contributed by atoms with van der Waals surface area (Å²) in [5.41, 5.74) is 1.87. The van der Waals surface area contributed by atoms with Crippen molar-refractivity contribution in [1.29, 1.82) is 5.26 Å². The molecule has 0 saturated heterocycles. The molecule has 4 nitrogen and oxygen atoms in total. The lowest BCUT2D eigenvalue weighted by Gasteiger charge is -2.08. The van der Waals surface area contributed by atoms with Crippen LogP contribution in [-0.4, -0.2) is 11.0 Å². The van der Waals surface area contributed by atoms with Gasteiger partial charge in [-0.25, -0.2) is 0 Å². The molecule has 0 unspecified atom stereocenters. The summed E-state index contributed by atoms with van der Waals surface area (Å²) in [7, 11) is 0. The number of benzene rings is 2. The van der Waals surface area contributed by atoms with Gasteiger partial charge in [0, 0.05) is 10.0 Å². The third-order valence-corrected chi connectivity index (χ3v) is 3.30. The molecule has 0 radical (unpaired) electrons. The van der Waals surface area contributed by atoms with Crippen molar-refractivity contribution >= 4 is 27.5 Å². The second-order valence-corrected chi connectivity index (χ2v) is 5.17. The van der Waals surface area contributed by atoms with Crippen LogP contribution in [0.5, 0.6) is 5.75 Å². The lowest BCUT2D eigenvalue weighted by molar-refractivity contribution is 0.102. The Kier molecular flexibility index (Phi) is 4.06. The number of nitrogens with zero attached hydrogens (tertiary/aromatic N) is 1. The van der Waals surface area contributed by atoms with E-state index in [0.29, 0.717) is 22.4 Å². The third-order valence-electron chi connectivity index (χ3n) is 2.81. The highest BCUT2D eigenvalue weighted by Gasteiger charge is 2.10.